The molecule has 0 spiro atoms. The van der Waals surface area contributed by atoms with Crippen LogP contribution in [0.15, 0.2) is 0 Å². The molecule has 0 aromatic rings. The molecule has 4 heteroatoms. The van der Waals surface area contributed by atoms with Gasteiger partial charge in [-0.15, -0.1) is 0 Å². The molecule has 1 aliphatic heterocycles. The molecule has 0 radical (unpaired) electrons. The van der Waals surface area contributed by atoms with E-state index >= 15 is 0 Å². The Hall–Kier alpha value is -0.770. The standard InChI is InChI=1S/C4H8N2O2/c7-4(8)6-2-1-5-3-6/h5H,1-3H2,(H,7,8). The molecule has 4 nitrogen and oxygen atoms in total. The van der Waals surface area contributed by atoms with Gasteiger partial charge in [-0.25, -0.2) is 4.79 Å². The number of amides is 1. The monoisotopic (exact) mass is 116 g/mol. The number of carbonyl (C=O) groups is 1. The molecular weight excluding hydrogens is 108 g/mol. The average molecular weight is 116 g/mol. The van der Waals surface area contributed by atoms with Crippen LogP contribution in [-0.2, 0) is 0 Å². The predicted octanol–water partition coefficient (Wildman–Crippen LogP) is -0.473. The lowest BCUT2D eigenvalue weighted by atomic mass is 10.6. The van der Waals surface area contributed by atoms with Gasteiger partial charge in [0.25, 0.3) is 0 Å². The van der Waals surface area contributed by atoms with Gasteiger partial charge in [-0.05, 0) is 0 Å². The van der Waals surface area contributed by atoms with Crippen LogP contribution in [0.4, 0.5) is 4.79 Å². The molecule has 1 saturated heterocycles. The van der Waals surface area contributed by atoms with Gasteiger partial charge in [-0.2, -0.15) is 0 Å². The van der Waals surface area contributed by atoms with Crippen molar-refractivity contribution in [1.29, 1.82) is 0 Å². The Balaban J connectivity index is 2.35. The van der Waals surface area contributed by atoms with Crippen molar-refractivity contribution >= 4 is 6.09 Å². The van der Waals surface area contributed by atoms with Crippen LogP contribution in [-0.4, -0.2) is 35.9 Å². The number of nitrogens with one attached hydrogen (secondary N) is 1. The molecule has 1 rings (SSSR count). The molecule has 1 aliphatic rings. The van der Waals surface area contributed by atoms with Gasteiger partial charge in [-0.3, -0.25) is 10.2 Å². The smallest absolute Gasteiger partial charge is 0.408 e. The molecule has 2 N–H and O–H groups in total. The van der Waals surface area contributed by atoms with Crippen molar-refractivity contribution in [2.24, 2.45) is 0 Å². The van der Waals surface area contributed by atoms with Gasteiger partial charge in [0.2, 0.25) is 0 Å². The van der Waals surface area contributed by atoms with Crippen LogP contribution in [0.2, 0.25) is 0 Å². The third kappa shape index (κ3) is 0.894. The number of hydrogen-bond acceptors (Lipinski definition) is 2. The second kappa shape index (κ2) is 2.00. The van der Waals surface area contributed by atoms with Gasteiger partial charge in [0, 0.05) is 13.1 Å². The first-order valence-corrected chi connectivity index (χ1v) is 2.49. The van der Waals surface area contributed by atoms with Crippen molar-refractivity contribution in [3.05, 3.63) is 0 Å². The molecule has 0 aromatic carbocycles. The van der Waals surface area contributed by atoms with Crippen molar-refractivity contribution in [1.82, 2.24) is 10.2 Å². The molecule has 8 heavy (non-hydrogen) atoms. The van der Waals surface area contributed by atoms with E-state index in [1.54, 1.807) is 0 Å². The van der Waals surface area contributed by atoms with E-state index in [0.29, 0.717) is 13.2 Å². The van der Waals surface area contributed by atoms with Crippen LogP contribution in [0.3, 0.4) is 0 Å². The third-order valence-electron chi connectivity index (χ3n) is 1.13. The summed E-state index contributed by atoms with van der Waals surface area (Å²) < 4.78 is 0. The first kappa shape index (κ1) is 5.37. The second-order valence-corrected chi connectivity index (χ2v) is 1.70. The van der Waals surface area contributed by atoms with Gasteiger partial charge in [0.15, 0.2) is 0 Å². The Bertz CT molecular complexity index is 98.2. The highest BCUT2D eigenvalue weighted by molar-refractivity contribution is 5.65. The van der Waals surface area contributed by atoms with Crippen LogP contribution >= 0.6 is 0 Å². The molecule has 0 atom stereocenters. The highest BCUT2D eigenvalue weighted by Gasteiger charge is 2.14. The largest absolute Gasteiger partial charge is 0.465 e. The summed E-state index contributed by atoms with van der Waals surface area (Å²) in [6.07, 6.45) is -0.838. The fourth-order valence-corrected chi connectivity index (χ4v) is 0.670. The van der Waals surface area contributed by atoms with E-state index in [1.807, 2.05) is 0 Å². The van der Waals surface area contributed by atoms with E-state index in [0.717, 1.165) is 6.54 Å². The van der Waals surface area contributed by atoms with Crippen LogP contribution in [0.25, 0.3) is 0 Å². The molecule has 1 fully saturated rings. The molecular formula is C4H8N2O2. The SMILES string of the molecule is O=C(O)N1CCNC1. The van der Waals surface area contributed by atoms with Crippen molar-refractivity contribution < 1.29 is 9.90 Å². The van der Waals surface area contributed by atoms with E-state index in [4.69, 9.17) is 5.11 Å². The number of nitrogens with zero attached hydrogens (tertiary/aromatic N) is 1. The first-order chi connectivity index (χ1) is 3.80. The van der Waals surface area contributed by atoms with Gasteiger partial charge in [-0.1, -0.05) is 0 Å². The zero-order valence-corrected chi connectivity index (χ0v) is 4.42. The highest BCUT2D eigenvalue weighted by atomic mass is 16.4. The quantitative estimate of drug-likeness (QED) is 0.449. The average Bonchev–Trinajstić information content (AvgIpc) is 2.12. The Morgan fingerprint density at radius 3 is 2.75 bits per heavy atom. The Morgan fingerprint density at radius 1 is 1.75 bits per heavy atom. The molecule has 0 unspecified atom stereocenters. The van der Waals surface area contributed by atoms with E-state index < -0.39 is 6.09 Å². The topological polar surface area (TPSA) is 52.6 Å². The summed E-state index contributed by atoms with van der Waals surface area (Å²) in [6.45, 7) is 1.89. The van der Waals surface area contributed by atoms with Crippen molar-refractivity contribution in [2.45, 2.75) is 0 Å². The summed E-state index contributed by atoms with van der Waals surface area (Å²) in [4.78, 5) is 11.4. The van der Waals surface area contributed by atoms with E-state index in [-0.39, 0.29) is 0 Å². The van der Waals surface area contributed by atoms with Gasteiger partial charge in [0.05, 0.1) is 6.67 Å². The zero-order chi connectivity index (χ0) is 5.98. The van der Waals surface area contributed by atoms with Crippen LogP contribution in [0.1, 0.15) is 0 Å². The predicted molar refractivity (Wildman–Crippen MR) is 27.6 cm³/mol. The summed E-state index contributed by atoms with van der Waals surface area (Å²) >= 11 is 0. The molecule has 0 saturated carbocycles. The van der Waals surface area contributed by atoms with Crippen molar-refractivity contribution in [2.75, 3.05) is 19.8 Å². The summed E-state index contributed by atoms with van der Waals surface area (Å²) in [5.41, 5.74) is 0. The fourth-order valence-electron chi connectivity index (χ4n) is 0.670. The summed E-state index contributed by atoms with van der Waals surface area (Å²) in [5.74, 6) is 0. The normalized spacial score (nSPS) is 19.2. The van der Waals surface area contributed by atoms with Gasteiger partial charge >= 0.3 is 6.09 Å². The van der Waals surface area contributed by atoms with Gasteiger partial charge < -0.3 is 5.11 Å². The lowest BCUT2D eigenvalue weighted by molar-refractivity contribution is 0.155. The third-order valence-corrected chi connectivity index (χ3v) is 1.13. The highest BCUT2D eigenvalue weighted by Crippen LogP contribution is 1.90. The fraction of sp³-hybridized carbons (Fsp3) is 0.750. The number of carboxylic acid groups (broad SMARTS) is 1. The van der Waals surface area contributed by atoms with Crippen molar-refractivity contribution in [3.8, 4) is 0 Å². The number of hydrogen-bond donors (Lipinski definition) is 2. The van der Waals surface area contributed by atoms with Crippen LogP contribution in [0.5, 0.6) is 0 Å². The summed E-state index contributed by atoms with van der Waals surface area (Å²) in [6, 6.07) is 0. The van der Waals surface area contributed by atoms with E-state index in [2.05, 4.69) is 5.32 Å². The summed E-state index contributed by atoms with van der Waals surface area (Å²) in [7, 11) is 0. The molecule has 0 aromatic heterocycles. The lowest BCUT2D eigenvalue weighted by Gasteiger charge is -2.06. The Labute approximate surface area is 47.1 Å². The first-order valence-electron chi connectivity index (χ1n) is 2.49. The maximum atomic E-state index is 10.1. The van der Waals surface area contributed by atoms with E-state index in [1.165, 1.54) is 4.90 Å². The van der Waals surface area contributed by atoms with Gasteiger partial charge in [0.1, 0.15) is 0 Å². The van der Waals surface area contributed by atoms with E-state index in [9.17, 15) is 4.79 Å². The molecule has 0 aliphatic carbocycles. The Kier molecular flexibility index (Phi) is 1.34. The number of rotatable bonds is 0. The maximum Gasteiger partial charge on any atom is 0.408 e. The van der Waals surface area contributed by atoms with Crippen LogP contribution < -0.4 is 5.32 Å². The maximum absolute atomic E-state index is 10.1. The second-order valence-electron chi connectivity index (χ2n) is 1.70. The lowest BCUT2D eigenvalue weighted by Crippen LogP contribution is -2.27. The molecule has 0 bridgehead atoms. The zero-order valence-electron chi connectivity index (χ0n) is 4.42. The molecule has 46 valence electrons. The van der Waals surface area contributed by atoms with Crippen molar-refractivity contribution in [3.63, 3.8) is 0 Å². The summed E-state index contributed by atoms with van der Waals surface area (Å²) in [5, 5.41) is 11.2. The van der Waals surface area contributed by atoms with Crippen LogP contribution in [0, 0.1) is 0 Å². The minimum atomic E-state index is -0.838. The molecule has 1 heterocycles. The Morgan fingerprint density at radius 2 is 2.50 bits per heavy atom. The minimum absolute atomic E-state index is 0.481. The molecule has 1 amide bonds. The minimum Gasteiger partial charge on any atom is -0.465 e.